The van der Waals surface area contributed by atoms with Crippen LogP contribution in [-0.4, -0.2) is 21.9 Å². The highest BCUT2D eigenvalue weighted by atomic mass is 79.9. The Bertz CT molecular complexity index is 1350. The van der Waals surface area contributed by atoms with Crippen molar-refractivity contribution in [2.45, 2.75) is 6.61 Å². The van der Waals surface area contributed by atoms with Gasteiger partial charge in [0.25, 0.3) is 11.6 Å². The molecule has 10 heteroatoms. The van der Waals surface area contributed by atoms with E-state index in [1.165, 1.54) is 42.5 Å². The average molecular weight is 522 g/mol. The van der Waals surface area contributed by atoms with Gasteiger partial charge in [-0.25, -0.2) is 4.79 Å². The second kappa shape index (κ2) is 10.9. The van der Waals surface area contributed by atoms with Crippen LogP contribution in [0.5, 0.6) is 5.75 Å². The molecule has 0 atom stereocenters. The third-order valence-corrected chi connectivity index (χ3v) is 5.01. The quantitative estimate of drug-likeness (QED) is 0.180. The summed E-state index contributed by atoms with van der Waals surface area (Å²) in [5, 5.41) is 32.1. The van der Waals surface area contributed by atoms with Gasteiger partial charge in [0.2, 0.25) is 0 Å². The molecule has 0 bridgehead atoms. The summed E-state index contributed by atoms with van der Waals surface area (Å²) in [7, 11) is 0. The minimum atomic E-state index is -1.15. The number of nitriles is 1. The predicted molar refractivity (Wildman–Crippen MR) is 127 cm³/mol. The molecular formula is C24H16BrN3O6. The van der Waals surface area contributed by atoms with Crippen LogP contribution in [0.15, 0.2) is 76.8 Å². The highest BCUT2D eigenvalue weighted by Gasteiger charge is 2.14. The summed E-state index contributed by atoms with van der Waals surface area (Å²) in [4.78, 5) is 34.2. The zero-order chi connectivity index (χ0) is 24.7. The van der Waals surface area contributed by atoms with E-state index in [9.17, 15) is 25.0 Å². The number of nitro benzene ring substituents is 1. The molecule has 0 aromatic heterocycles. The van der Waals surface area contributed by atoms with Gasteiger partial charge in [-0.15, -0.1) is 0 Å². The molecule has 0 saturated heterocycles. The van der Waals surface area contributed by atoms with Gasteiger partial charge in [0.1, 0.15) is 24.0 Å². The largest absolute Gasteiger partial charge is 0.488 e. The maximum atomic E-state index is 12.6. The molecule has 0 spiro atoms. The molecule has 3 rings (SSSR count). The third kappa shape index (κ3) is 6.27. The Morgan fingerprint density at radius 1 is 1.15 bits per heavy atom. The Morgan fingerprint density at radius 3 is 2.62 bits per heavy atom. The van der Waals surface area contributed by atoms with Gasteiger partial charge in [-0.05, 0) is 48.0 Å². The Morgan fingerprint density at radius 2 is 1.91 bits per heavy atom. The van der Waals surface area contributed by atoms with Crippen molar-refractivity contribution in [2.75, 3.05) is 5.32 Å². The highest BCUT2D eigenvalue weighted by molar-refractivity contribution is 9.10. The monoisotopic (exact) mass is 521 g/mol. The van der Waals surface area contributed by atoms with Crippen molar-refractivity contribution >= 4 is 45.3 Å². The van der Waals surface area contributed by atoms with Gasteiger partial charge in [0, 0.05) is 27.9 Å². The van der Waals surface area contributed by atoms with Crippen LogP contribution in [0.2, 0.25) is 0 Å². The van der Waals surface area contributed by atoms with Crippen LogP contribution in [0.3, 0.4) is 0 Å². The minimum absolute atomic E-state index is 0.0101. The number of carboxylic acid groups (broad SMARTS) is 1. The summed E-state index contributed by atoms with van der Waals surface area (Å²) in [6.45, 7) is 0.0280. The van der Waals surface area contributed by atoms with Crippen molar-refractivity contribution in [1.29, 1.82) is 5.26 Å². The lowest BCUT2D eigenvalue weighted by Crippen LogP contribution is -2.14. The molecule has 0 aliphatic rings. The fourth-order valence-corrected chi connectivity index (χ4v) is 3.30. The van der Waals surface area contributed by atoms with Crippen LogP contribution in [-0.2, 0) is 11.4 Å². The lowest BCUT2D eigenvalue weighted by molar-refractivity contribution is -0.384. The number of rotatable bonds is 8. The van der Waals surface area contributed by atoms with Gasteiger partial charge in [-0.2, -0.15) is 5.26 Å². The van der Waals surface area contributed by atoms with E-state index in [4.69, 9.17) is 9.84 Å². The number of anilines is 1. The van der Waals surface area contributed by atoms with E-state index in [1.807, 2.05) is 6.07 Å². The number of hydrogen-bond acceptors (Lipinski definition) is 6. The zero-order valence-electron chi connectivity index (χ0n) is 17.4. The maximum Gasteiger partial charge on any atom is 0.335 e. The van der Waals surface area contributed by atoms with Gasteiger partial charge < -0.3 is 15.2 Å². The second-order valence-electron chi connectivity index (χ2n) is 6.91. The fraction of sp³-hybridized carbons (Fsp3) is 0.0417. The smallest absolute Gasteiger partial charge is 0.335 e. The van der Waals surface area contributed by atoms with Crippen LogP contribution in [0.4, 0.5) is 11.4 Å². The highest BCUT2D eigenvalue weighted by Crippen LogP contribution is 2.27. The van der Waals surface area contributed by atoms with Crippen LogP contribution in [0.1, 0.15) is 21.5 Å². The third-order valence-electron chi connectivity index (χ3n) is 4.52. The first kappa shape index (κ1) is 24.2. The van der Waals surface area contributed by atoms with E-state index in [-0.39, 0.29) is 29.1 Å². The van der Waals surface area contributed by atoms with Crippen molar-refractivity contribution in [3.05, 3.63) is 104 Å². The Labute approximate surface area is 202 Å². The second-order valence-corrected chi connectivity index (χ2v) is 7.82. The van der Waals surface area contributed by atoms with Crippen molar-refractivity contribution in [1.82, 2.24) is 0 Å². The van der Waals surface area contributed by atoms with E-state index < -0.39 is 16.8 Å². The number of hydrogen-bond donors (Lipinski definition) is 2. The molecule has 0 heterocycles. The Hall–Kier alpha value is -4.49. The van der Waals surface area contributed by atoms with E-state index in [0.29, 0.717) is 21.3 Å². The Kier molecular flexibility index (Phi) is 7.74. The van der Waals surface area contributed by atoms with Crippen molar-refractivity contribution in [3.63, 3.8) is 0 Å². The average Bonchev–Trinajstić information content (AvgIpc) is 2.82. The number of nitrogens with one attached hydrogen (secondary N) is 1. The van der Waals surface area contributed by atoms with Crippen LogP contribution in [0, 0.1) is 21.4 Å². The van der Waals surface area contributed by atoms with Gasteiger partial charge >= 0.3 is 5.97 Å². The summed E-state index contributed by atoms with van der Waals surface area (Å²) in [6, 6.07) is 18.5. The molecule has 1 amide bonds. The maximum absolute atomic E-state index is 12.6. The standard InChI is InChI=1S/C24H16BrN3O6/c25-19-7-8-22(34-14-15-3-1-6-21(9-15)28(32)33)17(11-19)10-18(13-26)23(29)27-20-5-2-4-16(12-20)24(30)31/h1-12H,14H2,(H,27,29)(H,30,31)/b18-10-. The summed E-state index contributed by atoms with van der Waals surface area (Å²) >= 11 is 3.34. The molecule has 170 valence electrons. The van der Waals surface area contributed by atoms with E-state index in [1.54, 1.807) is 30.3 Å². The molecule has 0 aliphatic heterocycles. The first-order valence-electron chi connectivity index (χ1n) is 9.69. The zero-order valence-corrected chi connectivity index (χ0v) is 19.0. The number of benzene rings is 3. The molecule has 3 aromatic carbocycles. The number of amides is 1. The fourth-order valence-electron chi connectivity index (χ4n) is 2.92. The molecule has 0 unspecified atom stereocenters. The lowest BCUT2D eigenvalue weighted by atomic mass is 10.1. The summed E-state index contributed by atoms with van der Waals surface area (Å²) in [5.74, 6) is -1.52. The van der Waals surface area contributed by atoms with Crippen molar-refractivity contribution in [2.24, 2.45) is 0 Å². The summed E-state index contributed by atoms with van der Waals surface area (Å²) < 4.78 is 6.48. The van der Waals surface area contributed by atoms with E-state index >= 15 is 0 Å². The Balaban J connectivity index is 1.83. The SMILES string of the molecule is N#C/C(=C/c1cc(Br)ccc1OCc1cccc([N+](=O)[O-])c1)C(=O)Nc1cccc(C(=O)O)c1. The number of carboxylic acids is 1. The van der Waals surface area contributed by atoms with Gasteiger partial charge in [0.15, 0.2) is 0 Å². The number of ether oxygens (including phenoxy) is 1. The molecular weight excluding hydrogens is 506 g/mol. The van der Waals surface area contributed by atoms with Crippen LogP contribution < -0.4 is 10.1 Å². The van der Waals surface area contributed by atoms with Gasteiger partial charge in [-0.1, -0.05) is 34.1 Å². The number of carbonyl (C=O) groups is 2. The minimum Gasteiger partial charge on any atom is -0.488 e. The molecule has 0 aliphatic carbocycles. The number of nitrogens with zero attached hydrogens (tertiary/aromatic N) is 2. The summed E-state index contributed by atoms with van der Waals surface area (Å²) in [6.07, 6.45) is 1.34. The number of halogens is 1. The molecule has 9 nitrogen and oxygen atoms in total. The van der Waals surface area contributed by atoms with E-state index in [0.717, 1.165) is 0 Å². The molecule has 0 saturated carbocycles. The molecule has 34 heavy (non-hydrogen) atoms. The molecule has 2 N–H and O–H groups in total. The topological polar surface area (TPSA) is 143 Å². The molecule has 0 radical (unpaired) electrons. The van der Waals surface area contributed by atoms with Gasteiger partial charge in [-0.3, -0.25) is 14.9 Å². The van der Waals surface area contributed by atoms with Crippen LogP contribution >= 0.6 is 15.9 Å². The van der Waals surface area contributed by atoms with Crippen molar-refractivity contribution < 1.29 is 24.4 Å². The lowest BCUT2D eigenvalue weighted by Gasteiger charge is -2.11. The number of nitro groups is 1. The summed E-state index contributed by atoms with van der Waals surface area (Å²) in [5.41, 5.74) is 0.910. The van der Waals surface area contributed by atoms with Crippen molar-refractivity contribution in [3.8, 4) is 11.8 Å². The number of aromatic carboxylic acids is 1. The number of carbonyl (C=O) groups excluding carboxylic acids is 1. The van der Waals surface area contributed by atoms with Crippen LogP contribution in [0.25, 0.3) is 6.08 Å². The molecule has 0 fully saturated rings. The molecule has 3 aromatic rings. The van der Waals surface area contributed by atoms with Gasteiger partial charge in [0.05, 0.1) is 10.5 Å². The first-order chi connectivity index (χ1) is 16.3. The van der Waals surface area contributed by atoms with E-state index in [2.05, 4.69) is 21.2 Å². The first-order valence-corrected chi connectivity index (χ1v) is 10.5. The normalized spacial score (nSPS) is 10.8. The number of non-ortho nitro benzene ring substituents is 1. The predicted octanol–water partition coefficient (Wildman–Crippen LogP) is 5.18.